The highest BCUT2D eigenvalue weighted by atomic mass is 16.5. The Bertz CT molecular complexity index is 970. The minimum absolute atomic E-state index is 0.164. The van der Waals surface area contributed by atoms with Gasteiger partial charge in [0.15, 0.2) is 11.5 Å². The van der Waals surface area contributed by atoms with Crippen molar-refractivity contribution in [2.75, 3.05) is 28.4 Å². The van der Waals surface area contributed by atoms with Crippen LogP contribution in [-0.2, 0) is 6.54 Å². The van der Waals surface area contributed by atoms with Crippen LogP contribution in [0, 0.1) is 0 Å². The SMILES string of the molecule is COc1ccc(-c2noc(CN(C)C(=O)c3ccccc3OC)n2)cc1OC. The maximum absolute atomic E-state index is 12.7. The number of aromatic nitrogens is 2. The Morgan fingerprint density at radius 2 is 1.71 bits per heavy atom. The van der Waals surface area contributed by atoms with Crippen LogP contribution in [-0.4, -0.2) is 49.3 Å². The molecule has 1 aromatic heterocycles. The van der Waals surface area contributed by atoms with Crippen molar-refractivity contribution in [1.82, 2.24) is 15.0 Å². The van der Waals surface area contributed by atoms with Gasteiger partial charge in [-0.1, -0.05) is 17.3 Å². The van der Waals surface area contributed by atoms with Gasteiger partial charge in [-0.2, -0.15) is 4.98 Å². The first-order valence-corrected chi connectivity index (χ1v) is 8.50. The summed E-state index contributed by atoms with van der Waals surface area (Å²) in [6.07, 6.45) is 0. The number of hydrogen-bond donors (Lipinski definition) is 0. The molecule has 0 aliphatic heterocycles. The Morgan fingerprint density at radius 3 is 2.43 bits per heavy atom. The van der Waals surface area contributed by atoms with E-state index < -0.39 is 0 Å². The van der Waals surface area contributed by atoms with Crippen LogP contribution in [0.2, 0.25) is 0 Å². The molecule has 8 nitrogen and oxygen atoms in total. The highest BCUT2D eigenvalue weighted by Crippen LogP contribution is 2.31. The van der Waals surface area contributed by atoms with Gasteiger partial charge in [0.25, 0.3) is 5.91 Å². The average molecular weight is 383 g/mol. The van der Waals surface area contributed by atoms with Crippen molar-refractivity contribution in [2.45, 2.75) is 6.54 Å². The molecule has 0 N–H and O–H groups in total. The summed E-state index contributed by atoms with van der Waals surface area (Å²) in [5.41, 5.74) is 1.18. The lowest BCUT2D eigenvalue weighted by molar-refractivity contribution is 0.0766. The van der Waals surface area contributed by atoms with Gasteiger partial charge in [-0.25, -0.2) is 0 Å². The zero-order valence-electron chi connectivity index (χ0n) is 16.1. The van der Waals surface area contributed by atoms with Crippen LogP contribution >= 0.6 is 0 Å². The number of hydrogen-bond acceptors (Lipinski definition) is 7. The Balaban J connectivity index is 1.76. The summed E-state index contributed by atoms with van der Waals surface area (Å²) in [4.78, 5) is 18.5. The largest absolute Gasteiger partial charge is 0.496 e. The van der Waals surface area contributed by atoms with Crippen LogP contribution < -0.4 is 14.2 Å². The third kappa shape index (κ3) is 3.90. The molecule has 1 amide bonds. The quantitative estimate of drug-likeness (QED) is 0.620. The first-order chi connectivity index (χ1) is 13.6. The van der Waals surface area contributed by atoms with Gasteiger partial charge in [-0.15, -0.1) is 0 Å². The van der Waals surface area contributed by atoms with Gasteiger partial charge in [-0.3, -0.25) is 4.79 Å². The number of methoxy groups -OCH3 is 3. The van der Waals surface area contributed by atoms with Gasteiger partial charge in [0.2, 0.25) is 11.7 Å². The number of ether oxygens (including phenoxy) is 3. The Morgan fingerprint density at radius 1 is 1.00 bits per heavy atom. The summed E-state index contributed by atoms with van der Waals surface area (Å²) in [5.74, 6) is 2.19. The highest BCUT2D eigenvalue weighted by molar-refractivity contribution is 5.96. The van der Waals surface area contributed by atoms with Crippen molar-refractivity contribution in [3.63, 3.8) is 0 Å². The first kappa shape index (κ1) is 19.2. The molecule has 0 atom stereocenters. The molecule has 0 bridgehead atoms. The van der Waals surface area contributed by atoms with Gasteiger partial charge >= 0.3 is 0 Å². The lowest BCUT2D eigenvalue weighted by atomic mass is 10.2. The molecule has 146 valence electrons. The van der Waals surface area contributed by atoms with E-state index in [0.717, 1.165) is 0 Å². The summed E-state index contributed by atoms with van der Waals surface area (Å²) in [5, 5.41) is 3.99. The number of carbonyl (C=O) groups excluding carboxylic acids is 1. The van der Waals surface area contributed by atoms with E-state index in [2.05, 4.69) is 10.1 Å². The first-order valence-electron chi connectivity index (χ1n) is 8.50. The number of para-hydroxylation sites is 1. The predicted octanol–water partition coefficient (Wildman–Crippen LogP) is 3.03. The van der Waals surface area contributed by atoms with Crippen LogP contribution in [0.3, 0.4) is 0 Å². The van der Waals surface area contributed by atoms with Crippen LogP contribution in [0.1, 0.15) is 16.2 Å². The summed E-state index contributed by atoms with van der Waals surface area (Å²) in [6.45, 7) is 0.164. The maximum atomic E-state index is 12.7. The fraction of sp³-hybridized carbons (Fsp3) is 0.250. The Kier molecular flexibility index (Phi) is 5.78. The third-order valence-corrected chi connectivity index (χ3v) is 4.17. The fourth-order valence-electron chi connectivity index (χ4n) is 2.71. The Hall–Kier alpha value is -3.55. The average Bonchev–Trinajstić information content (AvgIpc) is 3.20. The van der Waals surface area contributed by atoms with E-state index in [1.165, 1.54) is 12.0 Å². The predicted molar refractivity (Wildman–Crippen MR) is 102 cm³/mol. The molecule has 3 rings (SSSR count). The van der Waals surface area contributed by atoms with Crippen LogP contribution in [0.25, 0.3) is 11.4 Å². The number of carbonyl (C=O) groups is 1. The highest BCUT2D eigenvalue weighted by Gasteiger charge is 2.19. The standard InChI is InChI=1S/C20H21N3O5/c1-23(20(24)14-7-5-6-8-15(14)25-2)12-18-21-19(22-28-18)13-9-10-16(26-3)17(11-13)27-4/h5-11H,12H2,1-4H3. The minimum Gasteiger partial charge on any atom is -0.496 e. The normalized spacial score (nSPS) is 10.4. The molecule has 0 spiro atoms. The maximum Gasteiger partial charge on any atom is 0.257 e. The molecule has 0 unspecified atom stereocenters. The molecule has 1 heterocycles. The number of benzene rings is 2. The molecule has 3 aromatic rings. The second-order valence-corrected chi connectivity index (χ2v) is 5.94. The molecule has 0 saturated heterocycles. The van der Waals surface area contributed by atoms with Crippen molar-refractivity contribution in [3.05, 3.63) is 53.9 Å². The summed E-state index contributed by atoms with van der Waals surface area (Å²) in [7, 11) is 6.31. The van der Waals surface area contributed by atoms with Crippen LogP contribution in [0.4, 0.5) is 0 Å². The number of amides is 1. The van der Waals surface area contributed by atoms with Crippen molar-refractivity contribution in [2.24, 2.45) is 0 Å². The fourth-order valence-corrected chi connectivity index (χ4v) is 2.71. The second kappa shape index (κ2) is 8.43. The van der Waals surface area contributed by atoms with Gasteiger partial charge in [0.05, 0.1) is 26.9 Å². The van der Waals surface area contributed by atoms with E-state index in [1.54, 1.807) is 57.7 Å². The molecule has 28 heavy (non-hydrogen) atoms. The lowest BCUT2D eigenvalue weighted by Gasteiger charge is -2.16. The van der Waals surface area contributed by atoms with Gasteiger partial charge in [0, 0.05) is 12.6 Å². The van der Waals surface area contributed by atoms with E-state index in [9.17, 15) is 4.79 Å². The molecule has 0 saturated carbocycles. The van der Waals surface area contributed by atoms with Crippen molar-refractivity contribution in [1.29, 1.82) is 0 Å². The minimum atomic E-state index is -0.205. The summed E-state index contributed by atoms with van der Waals surface area (Å²) >= 11 is 0. The second-order valence-electron chi connectivity index (χ2n) is 5.94. The van der Waals surface area contributed by atoms with E-state index >= 15 is 0 Å². The molecule has 2 aromatic carbocycles. The topological polar surface area (TPSA) is 86.9 Å². The Labute approximate surface area is 162 Å². The van der Waals surface area contributed by atoms with Crippen LogP contribution in [0.5, 0.6) is 17.2 Å². The smallest absolute Gasteiger partial charge is 0.257 e. The van der Waals surface area contributed by atoms with Gasteiger partial charge in [-0.05, 0) is 30.3 Å². The number of nitrogens with zero attached hydrogens (tertiary/aromatic N) is 3. The van der Waals surface area contributed by atoms with E-state index in [4.69, 9.17) is 18.7 Å². The zero-order valence-corrected chi connectivity index (χ0v) is 16.1. The van der Waals surface area contributed by atoms with E-state index in [1.807, 2.05) is 6.07 Å². The molecule has 8 heteroatoms. The molecule has 0 aliphatic rings. The third-order valence-electron chi connectivity index (χ3n) is 4.17. The summed E-state index contributed by atoms with van der Waals surface area (Å²) in [6, 6.07) is 12.4. The molecule has 0 radical (unpaired) electrons. The molecule has 0 aliphatic carbocycles. The van der Waals surface area contributed by atoms with E-state index in [0.29, 0.717) is 40.1 Å². The van der Waals surface area contributed by atoms with Crippen LogP contribution in [0.15, 0.2) is 47.0 Å². The summed E-state index contributed by atoms with van der Waals surface area (Å²) < 4.78 is 21.1. The van der Waals surface area contributed by atoms with Crippen molar-refractivity contribution >= 4 is 5.91 Å². The van der Waals surface area contributed by atoms with E-state index in [-0.39, 0.29) is 12.5 Å². The molecule has 0 fully saturated rings. The molecular weight excluding hydrogens is 362 g/mol. The van der Waals surface area contributed by atoms with Gasteiger partial charge in [0.1, 0.15) is 12.3 Å². The van der Waals surface area contributed by atoms with Crippen molar-refractivity contribution < 1.29 is 23.5 Å². The molecular formula is C20H21N3O5. The zero-order chi connectivity index (χ0) is 20.1. The lowest BCUT2D eigenvalue weighted by Crippen LogP contribution is -2.26. The van der Waals surface area contributed by atoms with Crippen molar-refractivity contribution in [3.8, 4) is 28.6 Å². The number of rotatable bonds is 7. The van der Waals surface area contributed by atoms with Gasteiger partial charge < -0.3 is 23.6 Å². The monoisotopic (exact) mass is 383 g/mol.